The van der Waals surface area contributed by atoms with Crippen molar-refractivity contribution < 1.29 is 9.47 Å². The van der Waals surface area contributed by atoms with Crippen LogP contribution in [0.15, 0.2) is 85.1 Å². The third-order valence-corrected chi connectivity index (χ3v) is 5.19. The molecule has 0 bridgehead atoms. The number of aromatic nitrogens is 1. The van der Waals surface area contributed by atoms with Crippen molar-refractivity contribution in [2.24, 2.45) is 0 Å². The maximum Gasteiger partial charge on any atom is 0.166 e. The lowest BCUT2D eigenvalue weighted by atomic mass is 10.1. The highest BCUT2D eigenvalue weighted by molar-refractivity contribution is 6.35. The molecular formula is C24H18Cl2N2O2. The van der Waals surface area contributed by atoms with Gasteiger partial charge in [-0.3, -0.25) is 0 Å². The van der Waals surface area contributed by atoms with Crippen molar-refractivity contribution in [3.8, 4) is 28.4 Å². The Morgan fingerprint density at radius 1 is 0.800 bits per heavy atom. The van der Waals surface area contributed by atoms with E-state index in [1.165, 1.54) is 0 Å². The van der Waals surface area contributed by atoms with E-state index >= 15 is 0 Å². The highest BCUT2D eigenvalue weighted by atomic mass is 35.5. The summed E-state index contributed by atoms with van der Waals surface area (Å²) in [4.78, 5) is 4.29. The van der Waals surface area contributed by atoms with Gasteiger partial charge in [-0.1, -0.05) is 65.7 Å². The summed E-state index contributed by atoms with van der Waals surface area (Å²) in [5, 5.41) is 1.07. The molecule has 4 nitrogen and oxygen atoms in total. The molecule has 2 N–H and O–H groups in total. The molecule has 0 radical (unpaired) electrons. The zero-order valence-corrected chi connectivity index (χ0v) is 17.4. The Bertz CT molecular complexity index is 1150. The largest absolute Gasteiger partial charge is 0.485 e. The normalized spacial score (nSPS) is 10.6. The molecule has 0 fully saturated rings. The van der Waals surface area contributed by atoms with Crippen molar-refractivity contribution in [1.29, 1.82) is 0 Å². The van der Waals surface area contributed by atoms with Crippen LogP contribution in [0.2, 0.25) is 10.0 Å². The number of pyridine rings is 1. The summed E-state index contributed by atoms with van der Waals surface area (Å²) in [5.74, 6) is 2.18. The van der Waals surface area contributed by atoms with Crippen LogP contribution in [-0.4, -0.2) is 4.98 Å². The fourth-order valence-corrected chi connectivity index (χ4v) is 3.45. The number of para-hydroxylation sites is 2. The summed E-state index contributed by atoms with van der Waals surface area (Å²) in [6, 6.07) is 24.5. The number of nitrogens with two attached hydrogens (primary N) is 1. The van der Waals surface area contributed by atoms with Crippen LogP contribution in [0.25, 0.3) is 11.1 Å². The maximum absolute atomic E-state index is 6.23. The van der Waals surface area contributed by atoms with Crippen molar-refractivity contribution in [3.63, 3.8) is 0 Å². The van der Waals surface area contributed by atoms with Crippen molar-refractivity contribution in [3.05, 3.63) is 101 Å². The molecule has 4 aromatic rings. The Balaban J connectivity index is 1.62. The first-order valence-electron chi connectivity index (χ1n) is 9.25. The number of hydrogen-bond donors (Lipinski definition) is 1. The van der Waals surface area contributed by atoms with Crippen LogP contribution < -0.4 is 15.2 Å². The van der Waals surface area contributed by atoms with Gasteiger partial charge in [0.1, 0.15) is 18.1 Å². The standard InChI is InChI=1S/C24H18Cl2N2O2/c25-20-10-6-11-21(26)19(20)15-29-23-13-16(14-28-24(23)27)18-9-4-5-12-22(18)30-17-7-2-1-3-8-17/h1-14H,15H2,(H2,27,28). The van der Waals surface area contributed by atoms with Crippen LogP contribution in [0.5, 0.6) is 17.2 Å². The van der Waals surface area contributed by atoms with Gasteiger partial charge in [0.2, 0.25) is 0 Å². The summed E-state index contributed by atoms with van der Waals surface area (Å²) in [5.41, 5.74) is 8.41. The van der Waals surface area contributed by atoms with Crippen LogP contribution in [0.4, 0.5) is 5.82 Å². The van der Waals surface area contributed by atoms with E-state index in [9.17, 15) is 0 Å². The average Bonchev–Trinajstić information content (AvgIpc) is 2.76. The van der Waals surface area contributed by atoms with E-state index in [0.717, 1.165) is 16.9 Å². The molecule has 3 aromatic carbocycles. The lowest BCUT2D eigenvalue weighted by Crippen LogP contribution is -2.02. The van der Waals surface area contributed by atoms with E-state index in [-0.39, 0.29) is 12.4 Å². The fourth-order valence-electron chi connectivity index (χ4n) is 2.95. The number of halogens is 2. The molecule has 0 unspecified atom stereocenters. The number of ether oxygens (including phenoxy) is 2. The van der Waals surface area contributed by atoms with Gasteiger partial charge in [0.05, 0.1) is 0 Å². The third-order valence-electron chi connectivity index (χ3n) is 4.48. The third kappa shape index (κ3) is 4.51. The molecule has 30 heavy (non-hydrogen) atoms. The second kappa shape index (κ2) is 9.08. The number of nitrogens with zero attached hydrogens (tertiary/aromatic N) is 1. The van der Waals surface area contributed by atoms with E-state index < -0.39 is 0 Å². The number of nitrogen functional groups attached to an aromatic ring is 1. The van der Waals surface area contributed by atoms with Crippen LogP contribution in [0, 0.1) is 0 Å². The van der Waals surface area contributed by atoms with E-state index in [0.29, 0.717) is 27.1 Å². The molecule has 0 spiro atoms. The smallest absolute Gasteiger partial charge is 0.166 e. The second-order valence-corrected chi connectivity index (χ2v) is 7.32. The number of hydrogen-bond acceptors (Lipinski definition) is 4. The van der Waals surface area contributed by atoms with Gasteiger partial charge >= 0.3 is 0 Å². The topological polar surface area (TPSA) is 57.4 Å². The summed E-state index contributed by atoms with van der Waals surface area (Å²) in [7, 11) is 0. The molecule has 0 aliphatic heterocycles. The van der Waals surface area contributed by atoms with Crippen molar-refractivity contribution in [2.45, 2.75) is 6.61 Å². The predicted molar refractivity (Wildman–Crippen MR) is 121 cm³/mol. The van der Waals surface area contributed by atoms with Gasteiger partial charge in [0, 0.05) is 32.9 Å². The molecule has 0 atom stereocenters. The molecule has 0 aliphatic carbocycles. The molecule has 150 valence electrons. The molecule has 6 heteroatoms. The zero-order valence-electron chi connectivity index (χ0n) is 15.9. The zero-order chi connectivity index (χ0) is 20.9. The van der Waals surface area contributed by atoms with Gasteiger partial charge in [-0.2, -0.15) is 0 Å². The Labute approximate surface area is 184 Å². The highest BCUT2D eigenvalue weighted by Crippen LogP contribution is 2.36. The highest BCUT2D eigenvalue weighted by Gasteiger charge is 2.13. The van der Waals surface area contributed by atoms with Gasteiger partial charge < -0.3 is 15.2 Å². The van der Waals surface area contributed by atoms with Gasteiger partial charge in [-0.05, 0) is 36.4 Å². The van der Waals surface area contributed by atoms with E-state index in [1.54, 1.807) is 24.4 Å². The molecular weight excluding hydrogens is 419 g/mol. The van der Waals surface area contributed by atoms with Crippen molar-refractivity contribution >= 4 is 29.0 Å². The minimum atomic E-state index is 0.177. The van der Waals surface area contributed by atoms with Gasteiger partial charge in [-0.25, -0.2) is 4.98 Å². The Kier molecular flexibility index (Phi) is 6.07. The van der Waals surface area contributed by atoms with Crippen molar-refractivity contribution in [2.75, 3.05) is 5.73 Å². The van der Waals surface area contributed by atoms with Crippen LogP contribution in [0.3, 0.4) is 0 Å². The van der Waals surface area contributed by atoms with E-state index in [2.05, 4.69) is 4.98 Å². The molecule has 1 heterocycles. The summed E-state index contributed by atoms with van der Waals surface area (Å²) in [6.07, 6.45) is 1.69. The summed E-state index contributed by atoms with van der Waals surface area (Å²) < 4.78 is 12.0. The quantitative estimate of drug-likeness (QED) is 0.353. The number of benzene rings is 3. The fraction of sp³-hybridized carbons (Fsp3) is 0.0417. The lowest BCUT2D eigenvalue weighted by Gasteiger charge is -2.14. The predicted octanol–water partition coefficient (Wildman–Crippen LogP) is 7.01. The Morgan fingerprint density at radius 3 is 2.27 bits per heavy atom. The minimum absolute atomic E-state index is 0.177. The average molecular weight is 437 g/mol. The molecule has 0 saturated heterocycles. The first kappa shape index (κ1) is 20.1. The molecule has 4 rings (SSSR count). The second-order valence-electron chi connectivity index (χ2n) is 6.51. The molecule has 0 saturated carbocycles. The maximum atomic E-state index is 6.23. The first-order valence-corrected chi connectivity index (χ1v) is 10.0. The monoisotopic (exact) mass is 436 g/mol. The Hall–Kier alpha value is -3.21. The Morgan fingerprint density at radius 2 is 1.50 bits per heavy atom. The van der Waals surface area contributed by atoms with Crippen LogP contribution in [0.1, 0.15) is 5.56 Å². The van der Waals surface area contributed by atoms with Gasteiger partial charge in [0.25, 0.3) is 0 Å². The minimum Gasteiger partial charge on any atom is -0.485 e. The van der Waals surface area contributed by atoms with E-state index in [1.807, 2.05) is 60.7 Å². The number of rotatable bonds is 6. The van der Waals surface area contributed by atoms with Crippen LogP contribution in [-0.2, 0) is 6.61 Å². The first-order chi connectivity index (χ1) is 14.6. The van der Waals surface area contributed by atoms with Gasteiger partial charge in [-0.15, -0.1) is 0 Å². The molecule has 0 aliphatic rings. The van der Waals surface area contributed by atoms with Crippen LogP contribution >= 0.6 is 23.2 Å². The van der Waals surface area contributed by atoms with Gasteiger partial charge in [0.15, 0.2) is 11.6 Å². The molecule has 0 amide bonds. The summed E-state index contributed by atoms with van der Waals surface area (Å²) >= 11 is 12.5. The van der Waals surface area contributed by atoms with Crippen molar-refractivity contribution in [1.82, 2.24) is 4.98 Å². The molecule has 1 aromatic heterocycles. The SMILES string of the molecule is Nc1ncc(-c2ccccc2Oc2ccccc2)cc1OCc1c(Cl)cccc1Cl. The lowest BCUT2D eigenvalue weighted by molar-refractivity contribution is 0.307. The van der Waals surface area contributed by atoms with E-state index in [4.69, 9.17) is 38.4 Å². The number of anilines is 1. The summed E-state index contributed by atoms with van der Waals surface area (Å²) in [6.45, 7) is 0.177.